The first-order chi connectivity index (χ1) is 11.7. The second-order valence-electron chi connectivity index (χ2n) is 5.82. The van der Waals surface area contributed by atoms with Gasteiger partial charge in [-0.15, -0.1) is 0 Å². The maximum absolute atomic E-state index is 12.0. The first-order valence-electron chi connectivity index (χ1n) is 8.12. The normalized spacial score (nSPS) is 14.3. The molecule has 1 saturated heterocycles. The van der Waals surface area contributed by atoms with Crippen LogP contribution in [0.2, 0.25) is 5.02 Å². The van der Waals surface area contributed by atoms with Gasteiger partial charge >= 0.3 is 0 Å². The van der Waals surface area contributed by atoms with Crippen molar-refractivity contribution < 1.29 is 4.79 Å². The van der Waals surface area contributed by atoms with E-state index in [-0.39, 0.29) is 5.91 Å². The van der Waals surface area contributed by atoms with Gasteiger partial charge in [0, 0.05) is 36.9 Å². The molecule has 1 aliphatic rings. The zero-order valence-corrected chi connectivity index (χ0v) is 14.2. The molecule has 3 rings (SSSR count). The average Bonchev–Trinajstić information content (AvgIpc) is 3.13. The fourth-order valence-corrected chi connectivity index (χ4v) is 2.92. The van der Waals surface area contributed by atoms with E-state index in [4.69, 9.17) is 11.6 Å². The summed E-state index contributed by atoms with van der Waals surface area (Å²) in [5.74, 6) is 0.864. The maximum Gasteiger partial charge on any atom is 0.244 e. The van der Waals surface area contributed by atoms with Crippen LogP contribution in [0.15, 0.2) is 48.7 Å². The van der Waals surface area contributed by atoms with Crippen molar-refractivity contribution in [1.29, 1.82) is 0 Å². The topological polar surface area (TPSA) is 45.2 Å². The van der Waals surface area contributed by atoms with Gasteiger partial charge in [-0.3, -0.25) is 4.79 Å². The zero-order valence-electron chi connectivity index (χ0n) is 13.4. The number of amides is 1. The van der Waals surface area contributed by atoms with Crippen LogP contribution in [0.1, 0.15) is 24.0 Å². The maximum atomic E-state index is 12.0. The van der Waals surface area contributed by atoms with E-state index in [0.29, 0.717) is 11.6 Å². The van der Waals surface area contributed by atoms with E-state index in [0.717, 1.165) is 30.0 Å². The smallest absolute Gasteiger partial charge is 0.244 e. The number of benzene rings is 1. The van der Waals surface area contributed by atoms with Crippen molar-refractivity contribution in [1.82, 2.24) is 10.3 Å². The molecule has 24 heavy (non-hydrogen) atoms. The van der Waals surface area contributed by atoms with E-state index < -0.39 is 0 Å². The molecular weight excluding hydrogens is 322 g/mol. The fraction of sp³-hybridized carbons (Fsp3) is 0.263. The molecule has 4 nitrogen and oxygen atoms in total. The van der Waals surface area contributed by atoms with Gasteiger partial charge in [0.1, 0.15) is 5.82 Å². The molecule has 1 aliphatic heterocycles. The highest BCUT2D eigenvalue weighted by Crippen LogP contribution is 2.18. The molecule has 0 radical (unpaired) electrons. The summed E-state index contributed by atoms with van der Waals surface area (Å²) in [4.78, 5) is 18.7. The highest BCUT2D eigenvalue weighted by atomic mass is 35.5. The van der Waals surface area contributed by atoms with Crippen molar-refractivity contribution in [2.45, 2.75) is 19.4 Å². The summed E-state index contributed by atoms with van der Waals surface area (Å²) in [6.07, 6.45) is 7.52. The number of nitrogens with one attached hydrogen (secondary N) is 1. The Morgan fingerprint density at radius 2 is 2.08 bits per heavy atom. The Hall–Kier alpha value is -2.33. The third-order valence-electron chi connectivity index (χ3n) is 3.98. The first kappa shape index (κ1) is 16.5. The lowest BCUT2D eigenvalue weighted by atomic mass is 10.2. The Balaban J connectivity index is 1.55. The molecule has 0 aliphatic carbocycles. The second kappa shape index (κ2) is 7.97. The Morgan fingerprint density at radius 3 is 2.88 bits per heavy atom. The van der Waals surface area contributed by atoms with Gasteiger partial charge in [0.2, 0.25) is 5.91 Å². The third-order valence-corrected chi connectivity index (χ3v) is 4.22. The Kier molecular flexibility index (Phi) is 5.49. The SMILES string of the molecule is O=C(/C=C/c1cccc(Cl)c1)NCc1ccnc(N2CCCC2)c1. The van der Waals surface area contributed by atoms with Gasteiger partial charge in [-0.05, 0) is 54.3 Å². The molecule has 2 heterocycles. The number of anilines is 1. The molecule has 1 amide bonds. The number of hydrogen-bond donors (Lipinski definition) is 1. The van der Waals surface area contributed by atoms with Crippen molar-refractivity contribution in [3.8, 4) is 0 Å². The Morgan fingerprint density at radius 1 is 1.25 bits per heavy atom. The highest BCUT2D eigenvalue weighted by molar-refractivity contribution is 6.30. The van der Waals surface area contributed by atoms with Gasteiger partial charge in [0.25, 0.3) is 0 Å². The van der Waals surface area contributed by atoms with E-state index in [9.17, 15) is 4.79 Å². The van der Waals surface area contributed by atoms with E-state index in [1.807, 2.05) is 30.3 Å². The molecule has 0 atom stereocenters. The van der Waals surface area contributed by atoms with Crippen LogP contribution in [0.3, 0.4) is 0 Å². The fourth-order valence-electron chi connectivity index (χ4n) is 2.72. The van der Waals surface area contributed by atoms with Crippen LogP contribution in [-0.4, -0.2) is 24.0 Å². The summed E-state index contributed by atoms with van der Waals surface area (Å²) < 4.78 is 0. The number of carbonyl (C=O) groups is 1. The zero-order chi connectivity index (χ0) is 16.8. The number of rotatable bonds is 5. The van der Waals surface area contributed by atoms with Gasteiger partial charge < -0.3 is 10.2 Å². The van der Waals surface area contributed by atoms with Crippen molar-refractivity contribution in [3.63, 3.8) is 0 Å². The Labute approximate surface area is 147 Å². The van der Waals surface area contributed by atoms with E-state index in [1.54, 1.807) is 18.3 Å². The van der Waals surface area contributed by atoms with Crippen molar-refractivity contribution in [2.24, 2.45) is 0 Å². The quantitative estimate of drug-likeness (QED) is 0.844. The number of aromatic nitrogens is 1. The van der Waals surface area contributed by atoms with Crippen molar-refractivity contribution >= 4 is 29.4 Å². The lowest BCUT2D eigenvalue weighted by Gasteiger charge is -2.16. The molecule has 1 N–H and O–H groups in total. The van der Waals surface area contributed by atoms with Crippen LogP contribution in [0.5, 0.6) is 0 Å². The van der Waals surface area contributed by atoms with Gasteiger partial charge in [-0.1, -0.05) is 23.7 Å². The Bertz CT molecular complexity index is 739. The van der Waals surface area contributed by atoms with Crippen molar-refractivity contribution in [2.75, 3.05) is 18.0 Å². The molecule has 5 heteroatoms. The lowest BCUT2D eigenvalue weighted by molar-refractivity contribution is -0.116. The minimum absolute atomic E-state index is 0.130. The van der Waals surface area contributed by atoms with Crippen LogP contribution in [0.25, 0.3) is 6.08 Å². The number of carbonyl (C=O) groups excluding carboxylic acids is 1. The molecule has 1 fully saturated rings. The summed E-state index contributed by atoms with van der Waals surface area (Å²) in [7, 11) is 0. The molecule has 1 aromatic carbocycles. The number of hydrogen-bond acceptors (Lipinski definition) is 3. The van der Waals surface area contributed by atoms with Crippen LogP contribution in [0, 0.1) is 0 Å². The molecule has 0 bridgehead atoms. The summed E-state index contributed by atoms with van der Waals surface area (Å²) >= 11 is 5.93. The largest absolute Gasteiger partial charge is 0.357 e. The number of nitrogens with zero attached hydrogens (tertiary/aromatic N) is 2. The molecule has 1 aromatic heterocycles. The minimum atomic E-state index is -0.130. The van der Waals surface area contributed by atoms with Gasteiger partial charge in [-0.25, -0.2) is 4.98 Å². The monoisotopic (exact) mass is 341 g/mol. The van der Waals surface area contributed by atoms with Gasteiger partial charge in [-0.2, -0.15) is 0 Å². The molecule has 124 valence electrons. The van der Waals surface area contributed by atoms with E-state index in [2.05, 4.69) is 15.2 Å². The van der Waals surface area contributed by atoms with Crippen molar-refractivity contribution in [3.05, 3.63) is 64.8 Å². The van der Waals surface area contributed by atoms with Gasteiger partial charge in [0.15, 0.2) is 0 Å². The molecular formula is C19H20ClN3O. The predicted molar refractivity (Wildman–Crippen MR) is 98.0 cm³/mol. The average molecular weight is 342 g/mol. The lowest BCUT2D eigenvalue weighted by Crippen LogP contribution is -2.22. The second-order valence-corrected chi connectivity index (χ2v) is 6.26. The van der Waals surface area contributed by atoms with Crippen LogP contribution < -0.4 is 10.2 Å². The number of halogens is 1. The van der Waals surface area contributed by atoms with Crippen LogP contribution in [-0.2, 0) is 11.3 Å². The summed E-state index contributed by atoms with van der Waals surface area (Å²) in [5, 5.41) is 3.55. The van der Waals surface area contributed by atoms with E-state index >= 15 is 0 Å². The van der Waals surface area contributed by atoms with Crippen LogP contribution >= 0.6 is 11.6 Å². The summed E-state index contributed by atoms with van der Waals surface area (Å²) in [6.45, 7) is 2.61. The molecule has 0 saturated carbocycles. The van der Waals surface area contributed by atoms with E-state index in [1.165, 1.54) is 18.9 Å². The predicted octanol–water partition coefficient (Wildman–Crippen LogP) is 3.66. The van der Waals surface area contributed by atoms with Crippen LogP contribution in [0.4, 0.5) is 5.82 Å². The number of pyridine rings is 1. The van der Waals surface area contributed by atoms with Gasteiger partial charge in [0.05, 0.1) is 0 Å². The standard InChI is InChI=1S/C19H20ClN3O/c20-17-5-3-4-15(12-17)6-7-19(24)22-14-16-8-9-21-18(13-16)23-10-1-2-11-23/h3-9,12-13H,1-2,10-11,14H2,(H,22,24)/b7-6+. The molecule has 0 spiro atoms. The minimum Gasteiger partial charge on any atom is -0.357 e. The highest BCUT2D eigenvalue weighted by Gasteiger charge is 2.13. The first-order valence-corrected chi connectivity index (χ1v) is 8.50. The molecule has 2 aromatic rings. The third kappa shape index (κ3) is 4.59. The molecule has 0 unspecified atom stereocenters. The summed E-state index contributed by atoms with van der Waals surface area (Å²) in [6, 6.07) is 11.4. The summed E-state index contributed by atoms with van der Waals surface area (Å²) in [5.41, 5.74) is 1.95.